The monoisotopic (exact) mass is 255 g/mol. The average molecular weight is 255 g/mol. The summed E-state index contributed by atoms with van der Waals surface area (Å²) in [5, 5.41) is 2.84. The summed E-state index contributed by atoms with van der Waals surface area (Å²) in [7, 11) is 0. The highest BCUT2D eigenvalue weighted by molar-refractivity contribution is 6.05. The Labute approximate surface area is 112 Å². The molecular weight excluding hydrogens is 238 g/mol. The number of amides is 1. The van der Waals surface area contributed by atoms with Crippen molar-refractivity contribution in [3.8, 4) is 0 Å². The van der Waals surface area contributed by atoms with Gasteiger partial charge in [-0.15, -0.1) is 0 Å². The number of carbonyl (C=O) groups is 1. The summed E-state index contributed by atoms with van der Waals surface area (Å²) in [4.78, 5) is 12.1. The minimum atomic E-state index is -0.199. The van der Waals surface area contributed by atoms with Gasteiger partial charge in [-0.3, -0.25) is 4.79 Å². The lowest BCUT2D eigenvalue weighted by Gasteiger charge is -2.09. The molecule has 4 heteroatoms. The normalized spacial score (nSPS) is 10.2. The van der Waals surface area contributed by atoms with E-state index in [1.165, 1.54) is 5.56 Å². The maximum Gasteiger partial charge on any atom is 0.255 e. The molecule has 0 saturated carbocycles. The number of hydrogen-bond donors (Lipinski definition) is 3. The number of hydrogen-bond acceptors (Lipinski definition) is 3. The molecule has 4 nitrogen and oxygen atoms in total. The fraction of sp³-hybridized carbons (Fsp3) is 0.133. The number of nitrogens with one attached hydrogen (secondary N) is 1. The molecule has 2 aromatic rings. The molecule has 19 heavy (non-hydrogen) atoms. The summed E-state index contributed by atoms with van der Waals surface area (Å²) in [6.07, 6.45) is 0. The zero-order valence-corrected chi connectivity index (χ0v) is 11.0. The van der Waals surface area contributed by atoms with E-state index in [0.29, 0.717) is 16.9 Å². The molecule has 0 unspecified atom stereocenters. The summed E-state index contributed by atoms with van der Waals surface area (Å²) in [5.41, 5.74) is 15.8. The predicted octanol–water partition coefficient (Wildman–Crippen LogP) is 2.72. The van der Waals surface area contributed by atoms with Crippen molar-refractivity contribution in [1.29, 1.82) is 0 Å². The third-order valence-corrected chi connectivity index (χ3v) is 3.11. The van der Waals surface area contributed by atoms with Gasteiger partial charge in [0.2, 0.25) is 0 Å². The van der Waals surface area contributed by atoms with Gasteiger partial charge in [-0.05, 0) is 55.3 Å². The third-order valence-electron chi connectivity index (χ3n) is 3.11. The SMILES string of the molecule is Cc1ccc(NC(=O)c2ccc(N)c(N)c2)cc1C. The standard InChI is InChI=1S/C15H17N3O/c1-9-3-5-12(7-10(9)2)18-15(19)11-4-6-13(16)14(17)8-11/h3-8H,16-17H2,1-2H3,(H,18,19). The first-order valence-electron chi connectivity index (χ1n) is 6.01. The Morgan fingerprint density at radius 1 is 0.947 bits per heavy atom. The number of nitrogens with two attached hydrogens (primary N) is 2. The summed E-state index contributed by atoms with van der Waals surface area (Å²) >= 11 is 0. The molecule has 0 fully saturated rings. The second kappa shape index (κ2) is 5.02. The second-order valence-corrected chi connectivity index (χ2v) is 4.60. The molecule has 0 bridgehead atoms. The van der Waals surface area contributed by atoms with Crippen LogP contribution in [0.1, 0.15) is 21.5 Å². The van der Waals surface area contributed by atoms with Crippen molar-refractivity contribution >= 4 is 23.0 Å². The summed E-state index contributed by atoms with van der Waals surface area (Å²) in [5.74, 6) is -0.199. The third kappa shape index (κ3) is 2.85. The van der Waals surface area contributed by atoms with Crippen LogP contribution in [-0.2, 0) is 0 Å². The van der Waals surface area contributed by atoms with E-state index in [1.807, 2.05) is 32.0 Å². The van der Waals surface area contributed by atoms with E-state index in [1.54, 1.807) is 18.2 Å². The first kappa shape index (κ1) is 13.0. The first-order chi connectivity index (χ1) is 8.97. The molecule has 0 atom stereocenters. The van der Waals surface area contributed by atoms with Crippen LogP contribution in [0.3, 0.4) is 0 Å². The maximum absolute atomic E-state index is 12.1. The zero-order valence-electron chi connectivity index (χ0n) is 11.0. The zero-order chi connectivity index (χ0) is 14.0. The quantitative estimate of drug-likeness (QED) is 0.722. The molecule has 0 aliphatic rings. The van der Waals surface area contributed by atoms with Crippen molar-refractivity contribution in [2.75, 3.05) is 16.8 Å². The highest BCUT2D eigenvalue weighted by atomic mass is 16.1. The van der Waals surface area contributed by atoms with Crippen LogP contribution in [0.4, 0.5) is 17.1 Å². The topological polar surface area (TPSA) is 81.1 Å². The van der Waals surface area contributed by atoms with Crippen molar-refractivity contribution in [2.24, 2.45) is 0 Å². The van der Waals surface area contributed by atoms with E-state index in [2.05, 4.69) is 5.32 Å². The van der Waals surface area contributed by atoms with Crippen molar-refractivity contribution in [1.82, 2.24) is 0 Å². The van der Waals surface area contributed by atoms with Gasteiger partial charge in [0.25, 0.3) is 5.91 Å². The average Bonchev–Trinajstić information content (AvgIpc) is 2.37. The number of benzene rings is 2. The van der Waals surface area contributed by atoms with Gasteiger partial charge >= 0.3 is 0 Å². The molecule has 2 rings (SSSR count). The molecule has 2 aromatic carbocycles. The Bertz CT molecular complexity index is 635. The van der Waals surface area contributed by atoms with Crippen LogP contribution < -0.4 is 16.8 Å². The lowest BCUT2D eigenvalue weighted by atomic mass is 10.1. The Morgan fingerprint density at radius 2 is 1.68 bits per heavy atom. The largest absolute Gasteiger partial charge is 0.397 e. The fourth-order valence-electron chi connectivity index (χ4n) is 1.74. The minimum absolute atomic E-state index is 0.199. The van der Waals surface area contributed by atoms with Crippen molar-refractivity contribution in [3.05, 3.63) is 53.1 Å². The van der Waals surface area contributed by atoms with Crippen LogP contribution in [0.25, 0.3) is 0 Å². The fourth-order valence-corrected chi connectivity index (χ4v) is 1.74. The van der Waals surface area contributed by atoms with E-state index in [9.17, 15) is 4.79 Å². The maximum atomic E-state index is 12.1. The van der Waals surface area contributed by atoms with Crippen LogP contribution in [0.2, 0.25) is 0 Å². The van der Waals surface area contributed by atoms with E-state index >= 15 is 0 Å². The smallest absolute Gasteiger partial charge is 0.255 e. The van der Waals surface area contributed by atoms with Crippen LogP contribution in [0, 0.1) is 13.8 Å². The molecule has 5 N–H and O–H groups in total. The Hall–Kier alpha value is -2.49. The van der Waals surface area contributed by atoms with Crippen molar-refractivity contribution < 1.29 is 4.79 Å². The molecular formula is C15H17N3O. The molecule has 0 spiro atoms. The lowest BCUT2D eigenvalue weighted by Crippen LogP contribution is -2.12. The minimum Gasteiger partial charge on any atom is -0.397 e. The van der Waals surface area contributed by atoms with Gasteiger partial charge in [-0.2, -0.15) is 0 Å². The number of anilines is 3. The van der Waals surface area contributed by atoms with Crippen LogP contribution >= 0.6 is 0 Å². The lowest BCUT2D eigenvalue weighted by molar-refractivity contribution is 0.102. The van der Waals surface area contributed by atoms with E-state index in [-0.39, 0.29) is 5.91 Å². The summed E-state index contributed by atoms with van der Waals surface area (Å²) in [6, 6.07) is 10.6. The molecule has 98 valence electrons. The van der Waals surface area contributed by atoms with Crippen molar-refractivity contribution in [2.45, 2.75) is 13.8 Å². The highest BCUT2D eigenvalue weighted by Gasteiger charge is 2.08. The van der Waals surface area contributed by atoms with Gasteiger partial charge in [-0.25, -0.2) is 0 Å². The number of aryl methyl sites for hydroxylation is 2. The molecule has 0 radical (unpaired) electrons. The van der Waals surface area contributed by atoms with Gasteiger partial charge < -0.3 is 16.8 Å². The molecule has 1 amide bonds. The van der Waals surface area contributed by atoms with Gasteiger partial charge in [0, 0.05) is 11.3 Å². The molecule has 0 aliphatic heterocycles. The number of rotatable bonds is 2. The van der Waals surface area contributed by atoms with Crippen LogP contribution in [0.15, 0.2) is 36.4 Å². The Morgan fingerprint density at radius 3 is 2.32 bits per heavy atom. The van der Waals surface area contributed by atoms with Gasteiger partial charge in [0.1, 0.15) is 0 Å². The summed E-state index contributed by atoms with van der Waals surface area (Å²) < 4.78 is 0. The van der Waals surface area contributed by atoms with E-state index < -0.39 is 0 Å². The molecule has 0 heterocycles. The van der Waals surface area contributed by atoms with Gasteiger partial charge in [-0.1, -0.05) is 6.07 Å². The Kier molecular flexibility index (Phi) is 3.42. The molecule has 0 aliphatic carbocycles. The highest BCUT2D eigenvalue weighted by Crippen LogP contribution is 2.18. The van der Waals surface area contributed by atoms with E-state index in [4.69, 9.17) is 11.5 Å². The number of nitrogen functional groups attached to an aromatic ring is 2. The van der Waals surface area contributed by atoms with E-state index in [0.717, 1.165) is 11.3 Å². The van der Waals surface area contributed by atoms with Crippen LogP contribution in [0.5, 0.6) is 0 Å². The molecule has 0 saturated heterocycles. The number of carbonyl (C=O) groups excluding carboxylic acids is 1. The first-order valence-corrected chi connectivity index (χ1v) is 6.01. The Balaban J connectivity index is 2.20. The summed E-state index contributed by atoms with van der Waals surface area (Å²) in [6.45, 7) is 4.04. The molecule has 0 aromatic heterocycles. The van der Waals surface area contributed by atoms with Crippen molar-refractivity contribution in [3.63, 3.8) is 0 Å². The van der Waals surface area contributed by atoms with Gasteiger partial charge in [0.15, 0.2) is 0 Å². The predicted molar refractivity (Wildman–Crippen MR) is 79.1 cm³/mol. The second-order valence-electron chi connectivity index (χ2n) is 4.60. The van der Waals surface area contributed by atoms with Gasteiger partial charge in [0.05, 0.1) is 11.4 Å². The van der Waals surface area contributed by atoms with Crippen LogP contribution in [-0.4, -0.2) is 5.91 Å².